The summed E-state index contributed by atoms with van der Waals surface area (Å²) in [4.78, 5) is 18.0. The van der Waals surface area contributed by atoms with E-state index in [0.29, 0.717) is 16.8 Å². The summed E-state index contributed by atoms with van der Waals surface area (Å²) in [6, 6.07) is 16.4. The predicted molar refractivity (Wildman–Crippen MR) is 120 cm³/mol. The molecule has 134 valence electrons. The van der Waals surface area contributed by atoms with E-state index >= 15 is 0 Å². The lowest BCUT2D eigenvalue weighted by molar-refractivity contribution is -0.115. The van der Waals surface area contributed by atoms with Gasteiger partial charge in [-0.05, 0) is 52.4 Å². The Kier molecular flexibility index (Phi) is 6.72. The molecule has 0 spiro atoms. The highest BCUT2D eigenvalue weighted by atomic mass is 127. The molecule has 0 radical (unpaired) electrons. The topological polar surface area (TPSA) is 42.0 Å². The first-order chi connectivity index (χ1) is 12.5. The van der Waals surface area contributed by atoms with Gasteiger partial charge in [-0.3, -0.25) is 4.79 Å². The van der Waals surface area contributed by atoms with Crippen LogP contribution in [-0.2, 0) is 11.2 Å². The van der Waals surface area contributed by atoms with Gasteiger partial charge >= 0.3 is 0 Å². The maximum atomic E-state index is 12.3. The molecule has 0 saturated carbocycles. The third kappa shape index (κ3) is 5.56. The number of anilines is 1. The van der Waals surface area contributed by atoms with Crippen LogP contribution >= 0.6 is 45.7 Å². The summed E-state index contributed by atoms with van der Waals surface area (Å²) in [6.07, 6.45) is 0.352. The van der Waals surface area contributed by atoms with E-state index in [1.54, 1.807) is 0 Å². The second kappa shape index (κ2) is 9.01. The van der Waals surface area contributed by atoms with Crippen molar-refractivity contribution in [2.24, 2.45) is 0 Å². The second-order valence-electron chi connectivity index (χ2n) is 6.08. The predicted octanol–water partition coefficient (Wildman–Crippen LogP) is 6.10. The summed E-state index contributed by atoms with van der Waals surface area (Å²) in [5, 5.41) is 6.06. The number of halogens is 1. The van der Waals surface area contributed by atoms with Crippen LogP contribution in [0.3, 0.4) is 0 Å². The Morgan fingerprint density at radius 3 is 2.50 bits per heavy atom. The van der Waals surface area contributed by atoms with Gasteiger partial charge in [-0.15, -0.1) is 23.1 Å². The van der Waals surface area contributed by atoms with Crippen LogP contribution < -0.4 is 5.32 Å². The van der Waals surface area contributed by atoms with Crippen molar-refractivity contribution in [2.75, 3.05) is 5.32 Å². The fourth-order valence-corrected chi connectivity index (χ4v) is 4.32. The van der Waals surface area contributed by atoms with Crippen molar-refractivity contribution in [3.8, 4) is 11.3 Å². The van der Waals surface area contributed by atoms with E-state index in [1.807, 2.05) is 41.4 Å². The van der Waals surface area contributed by atoms with E-state index in [1.165, 1.54) is 19.8 Å². The number of nitrogens with zero attached hydrogens (tertiary/aromatic N) is 1. The molecule has 1 aromatic heterocycles. The molecule has 0 bridgehead atoms. The quantitative estimate of drug-likeness (QED) is 0.333. The molecule has 0 aliphatic rings. The largest absolute Gasteiger partial charge is 0.302 e. The third-order valence-corrected chi connectivity index (χ3v) is 6.04. The normalized spacial score (nSPS) is 10.9. The molecular weight excluding hydrogens is 475 g/mol. The molecule has 26 heavy (non-hydrogen) atoms. The van der Waals surface area contributed by atoms with Crippen LogP contribution in [-0.4, -0.2) is 16.1 Å². The Hall–Kier alpha value is -1.38. The van der Waals surface area contributed by atoms with E-state index < -0.39 is 0 Å². The first-order valence-corrected chi connectivity index (χ1v) is 11.1. The molecule has 0 fully saturated rings. The number of benzene rings is 2. The van der Waals surface area contributed by atoms with Gasteiger partial charge in [0.05, 0.1) is 12.1 Å². The summed E-state index contributed by atoms with van der Waals surface area (Å²) >= 11 is 5.55. The van der Waals surface area contributed by atoms with Crippen LogP contribution in [0.2, 0.25) is 0 Å². The summed E-state index contributed by atoms with van der Waals surface area (Å²) in [5.41, 5.74) is 2.95. The molecule has 3 rings (SSSR count). The van der Waals surface area contributed by atoms with Crippen LogP contribution in [0.4, 0.5) is 5.13 Å². The summed E-state index contributed by atoms with van der Waals surface area (Å²) in [6.45, 7) is 4.34. The molecule has 0 atom stereocenters. The van der Waals surface area contributed by atoms with Gasteiger partial charge in [0.2, 0.25) is 5.91 Å². The van der Waals surface area contributed by atoms with E-state index in [2.05, 4.69) is 71.0 Å². The number of thioether (sulfide) groups is 1. The monoisotopic (exact) mass is 494 g/mol. The van der Waals surface area contributed by atoms with E-state index in [4.69, 9.17) is 0 Å². The minimum Gasteiger partial charge on any atom is -0.302 e. The number of carbonyl (C=O) groups excluding carboxylic acids is 1. The van der Waals surface area contributed by atoms with Crippen LogP contribution in [0.5, 0.6) is 0 Å². The van der Waals surface area contributed by atoms with Crippen LogP contribution in [0.1, 0.15) is 19.4 Å². The lowest BCUT2D eigenvalue weighted by Crippen LogP contribution is -2.14. The lowest BCUT2D eigenvalue weighted by atomic mass is 10.1. The zero-order valence-electron chi connectivity index (χ0n) is 14.5. The maximum absolute atomic E-state index is 12.3. The smallest absolute Gasteiger partial charge is 0.230 e. The van der Waals surface area contributed by atoms with Crippen molar-refractivity contribution in [3.63, 3.8) is 0 Å². The van der Waals surface area contributed by atoms with Gasteiger partial charge in [0.1, 0.15) is 0 Å². The van der Waals surface area contributed by atoms with E-state index in [0.717, 1.165) is 16.8 Å². The second-order valence-corrected chi connectivity index (χ2v) is 9.83. The number of rotatable bonds is 6. The standard InChI is InChI=1S/C20H19IN2OS2/c1-13(2)26-17-9-3-14(4-10-17)11-19(24)23-20-22-18(12-25-20)15-5-7-16(21)8-6-15/h3-10,12-13H,11H2,1-2H3,(H,22,23,24). The molecule has 0 aliphatic carbocycles. The molecule has 0 unspecified atom stereocenters. The van der Waals surface area contributed by atoms with Crippen LogP contribution in [0, 0.1) is 3.57 Å². The lowest BCUT2D eigenvalue weighted by Gasteiger charge is -2.06. The van der Waals surface area contributed by atoms with Gasteiger partial charge in [-0.2, -0.15) is 0 Å². The van der Waals surface area contributed by atoms with Crippen molar-refractivity contribution in [3.05, 3.63) is 63.0 Å². The van der Waals surface area contributed by atoms with Gasteiger partial charge in [0.15, 0.2) is 5.13 Å². The van der Waals surface area contributed by atoms with Gasteiger partial charge < -0.3 is 5.32 Å². The fourth-order valence-electron chi connectivity index (χ4n) is 2.39. The molecule has 6 heteroatoms. The maximum Gasteiger partial charge on any atom is 0.230 e. The van der Waals surface area contributed by atoms with Gasteiger partial charge in [0.25, 0.3) is 0 Å². The molecule has 3 aromatic rings. The molecule has 2 aromatic carbocycles. The molecule has 3 nitrogen and oxygen atoms in total. The van der Waals surface area contributed by atoms with E-state index in [9.17, 15) is 4.79 Å². The third-order valence-electron chi connectivity index (χ3n) is 3.55. The zero-order valence-corrected chi connectivity index (χ0v) is 18.3. The minimum atomic E-state index is -0.0437. The molecule has 1 amide bonds. The number of thiazole rings is 1. The highest BCUT2D eigenvalue weighted by Crippen LogP contribution is 2.26. The van der Waals surface area contributed by atoms with E-state index in [-0.39, 0.29) is 5.91 Å². The van der Waals surface area contributed by atoms with Gasteiger partial charge in [0, 0.05) is 24.7 Å². The minimum absolute atomic E-state index is 0.0437. The highest BCUT2D eigenvalue weighted by Gasteiger charge is 2.09. The average Bonchev–Trinajstić information content (AvgIpc) is 3.05. The number of hydrogen-bond acceptors (Lipinski definition) is 4. The zero-order chi connectivity index (χ0) is 18.5. The van der Waals surface area contributed by atoms with Gasteiger partial charge in [-0.1, -0.05) is 38.1 Å². The van der Waals surface area contributed by atoms with Gasteiger partial charge in [-0.25, -0.2) is 4.98 Å². The average molecular weight is 494 g/mol. The summed E-state index contributed by atoms with van der Waals surface area (Å²) < 4.78 is 1.19. The van der Waals surface area contributed by atoms with Crippen molar-refractivity contribution in [2.45, 2.75) is 30.4 Å². The number of nitrogens with one attached hydrogen (secondary N) is 1. The van der Waals surface area contributed by atoms with Crippen LogP contribution in [0.15, 0.2) is 58.8 Å². The molecule has 1 N–H and O–H groups in total. The highest BCUT2D eigenvalue weighted by molar-refractivity contribution is 14.1. The molecule has 0 saturated heterocycles. The summed E-state index contributed by atoms with van der Waals surface area (Å²) in [7, 11) is 0. The number of amides is 1. The number of hydrogen-bond donors (Lipinski definition) is 1. The van der Waals surface area contributed by atoms with Crippen molar-refractivity contribution < 1.29 is 4.79 Å². The molecule has 1 heterocycles. The fraction of sp³-hybridized carbons (Fsp3) is 0.200. The first-order valence-electron chi connectivity index (χ1n) is 8.26. The summed E-state index contributed by atoms with van der Waals surface area (Å²) in [5.74, 6) is -0.0437. The molecular formula is C20H19IN2OS2. The van der Waals surface area contributed by atoms with Crippen molar-refractivity contribution >= 4 is 56.7 Å². The first kappa shape index (κ1) is 19.4. The van der Waals surface area contributed by atoms with Crippen molar-refractivity contribution in [1.82, 2.24) is 4.98 Å². The Bertz CT molecular complexity index is 874. The molecule has 0 aliphatic heterocycles. The Morgan fingerprint density at radius 1 is 1.15 bits per heavy atom. The van der Waals surface area contributed by atoms with Crippen LogP contribution in [0.25, 0.3) is 11.3 Å². The Balaban J connectivity index is 1.59. The Labute approximate surface area is 175 Å². The number of carbonyl (C=O) groups is 1. The Morgan fingerprint density at radius 2 is 1.85 bits per heavy atom. The number of aromatic nitrogens is 1. The SMILES string of the molecule is CC(C)Sc1ccc(CC(=O)Nc2nc(-c3ccc(I)cc3)cs2)cc1. The van der Waals surface area contributed by atoms with Crippen molar-refractivity contribution in [1.29, 1.82) is 0 Å².